The molecule has 0 fully saturated rings. The molecule has 102 valence electrons. The van der Waals surface area contributed by atoms with Gasteiger partial charge in [-0.2, -0.15) is 0 Å². The highest BCUT2D eigenvalue weighted by Gasteiger charge is 2.06. The van der Waals surface area contributed by atoms with Crippen LogP contribution in [0.25, 0.3) is 11.0 Å². The number of hydrogen-bond donors (Lipinski definition) is 1. The van der Waals surface area contributed by atoms with Crippen LogP contribution in [0.15, 0.2) is 42.5 Å². The van der Waals surface area contributed by atoms with E-state index in [0.29, 0.717) is 5.88 Å². The summed E-state index contributed by atoms with van der Waals surface area (Å²) >= 11 is 11.7. The first kappa shape index (κ1) is 13.5. The molecule has 4 heteroatoms. The van der Waals surface area contributed by atoms with Gasteiger partial charge in [0.15, 0.2) is 0 Å². The second-order valence-electron chi connectivity index (χ2n) is 4.75. The van der Waals surface area contributed by atoms with E-state index in [-0.39, 0.29) is 0 Å². The molecule has 0 amide bonds. The number of aromatic amines is 1. The Labute approximate surface area is 127 Å². The summed E-state index contributed by atoms with van der Waals surface area (Å²) in [5.41, 5.74) is 4.62. The first-order valence-corrected chi connectivity index (χ1v) is 7.44. The molecule has 3 rings (SSSR count). The molecule has 0 aliphatic rings. The van der Waals surface area contributed by atoms with Crippen molar-refractivity contribution < 1.29 is 0 Å². The number of imidazole rings is 1. The highest BCUT2D eigenvalue weighted by atomic mass is 35.5. The number of aryl methyl sites for hydroxylation is 2. The van der Waals surface area contributed by atoms with Crippen LogP contribution in [0.1, 0.15) is 17.0 Å². The molecule has 0 saturated carbocycles. The molecule has 0 radical (unpaired) electrons. The molecule has 0 saturated heterocycles. The summed E-state index contributed by atoms with van der Waals surface area (Å²) in [6.07, 6.45) is 1.94. The lowest BCUT2D eigenvalue weighted by Crippen LogP contribution is -1.92. The Morgan fingerprint density at radius 1 is 1.00 bits per heavy atom. The summed E-state index contributed by atoms with van der Waals surface area (Å²) < 4.78 is 0. The molecule has 2 nitrogen and oxygen atoms in total. The van der Waals surface area contributed by atoms with Crippen LogP contribution in [-0.2, 0) is 18.7 Å². The maximum atomic E-state index is 5.90. The first-order valence-electron chi connectivity index (χ1n) is 6.53. The van der Waals surface area contributed by atoms with Crippen molar-refractivity contribution in [1.29, 1.82) is 0 Å². The molecule has 20 heavy (non-hydrogen) atoms. The number of halogens is 2. The molecule has 2 aromatic carbocycles. The van der Waals surface area contributed by atoms with E-state index >= 15 is 0 Å². The third kappa shape index (κ3) is 2.82. The van der Waals surface area contributed by atoms with E-state index in [1.54, 1.807) is 0 Å². The zero-order valence-electron chi connectivity index (χ0n) is 10.9. The van der Waals surface area contributed by atoms with Gasteiger partial charge in [0, 0.05) is 5.02 Å². The second kappa shape index (κ2) is 5.86. The third-order valence-electron chi connectivity index (χ3n) is 3.38. The average molecular weight is 305 g/mol. The van der Waals surface area contributed by atoms with Gasteiger partial charge in [-0.15, -0.1) is 11.6 Å². The van der Waals surface area contributed by atoms with Gasteiger partial charge in [0.1, 0.15) is 5.82 Å². The minimum atomic E-state index is 0.408. The molecule has 0 atom stereocenters. The number of hydrogen-bond acceptors (Lipinski definition) is 1. The summed E-state index contributed by atoms with van der Waals surface area (Å²) in [5.74, 6) is 1.23. The molecule has 0 unspecified atom stereocenters. The van der Waals surface area contributed by atoms with Crippen molar-refractivity contribution >= 4 is 34.2 Å². The lowest BCUT2D eigenvalue weighted by Gasteiger charge is -2.03. The molecule has 1 heterocycles. The van der Waals surface area contributed by atoms with Gasteiger partial charge in [0.05, 0.1) is 16.9 Å². The van der Waals surface area contributed by atoms with Gasteiger partial charge in [-0.3, -0.25) is 0 Å². The van der Waals surface area contributed by atoms with Gasteiger partial charge < -0.3 is 4.98 Å². The van der Waals surface area contributed by atoms with Crippen LogP contribution in [-0.4, -0.2) is 9.97 Å². The SMILES string of the molecule is ClCc1nc2cccc(CCc3ccc(Cl)cc3)c2[nH]1. The molecule has 1 N–H and O–H groups in total. The summed E-state index contributed by atoms with van der Waals surface area (Å²) in [6, 6.07) is 14.2. The number of para-hydroxylation sites is 1. The van der Waals surface area contributed by atoms with E-state index < -0.39 is 0 Å². The normalized spacial score (nSPS) is 11.1. The number of benzene rings is 2. The minimum Gasteiger partial charge on any atom is -0.341 e. The van der Waals surface area contributed by atoms with E-state index in [1.807, 2.05) is 24.3 Å². The van der Waals surface area contributed by atoms with Crippen LogP contribution in [0, 0.1) is 0 Å². The Bertz CT molecular complexity index is 717. The van der Waals surface area contributed by atoms with Gasteiger partial charge in [-0.05, 0) is 42.2 Å². The fourth-order valence-electron chi connectivity index (χ4n) is 2.34. The summed E-state index contributed by atoms with van der Waals surface area (Å²) in [4.78, 5) is 7.75. The lowest BCUT2D eigenvalue weighted by atomic mass is 10.0. The number of fused-ring (bicyclic) bond motifs is 1. The van der Waals surface area contributed by atoms with Crippen molar-refractivity contribution in [2.75, 3.05) is 0 Å². The van der Waals surface area contributed by atoms with Crippen molar-refractivity contribution in [3.63, 3.8) is 0 Å². The Hall–Kier alpha value is -1.51. The predicted molar refractivity (Wildman–Crippen MR) is 84.5 cm³/mol. The predicted octanol–water partition coefficient (Wildman–Crippen LogP) is 4.74. The van der Waals surface area contributed by atoms with Crippen molar-refractivity contribution in [1.82, 2.24) is 9.97 Å². The maximum Gasteiger partial charge on any atom is 0.122 e. The lowest BCUT2D eigenvalue weighted by molar-refractivity contribution is 0.965. The zero-order valence-corrected chi connectivity index (χ0v) is 12.4. The molecule has 0 aliphatic heterocycles. The van der Waals surface area contributed by atoms with Crippen LogP contribution in [0.3, 0.4) is 0 Å². The monoisotopic (exact) mass is 304 g/mol. The molecule has 0 aliphatic carbocycles. The molecule has 1 aromatic heterocycles. The largest absolute Gasteiger partial charge is 0.341 e. The minimum absolute atomic E-state index is 0.408. The van der Waals surface area contributed by atoms with Crippen molar-refractivity contribution in [2.24, 2.45) is 0 Å². The van der Waals surface area contributed by atoms with Crippen LogP contribution < -0.4 is 0 Å². The van der Waals surface area contributed by atoms with Gasteiger partial charge in [0.2, 0.25) is 0 Å². The molecule has 0 spiro atoms. The van der Waals surface area contributed by atoms with Crippen LogP contribution in [0.4, 0.5) is 0 Å². The fourth-order valence-corrected chi connectivity index (χ4v) is 2.60. The van der Waals surface area contributed by atoms with Crippen LogP contribution in [0.5, 0.6) is 0 Å². The zero-order chi connectivity index (χ0) is 13.9. The second-order valence-corrected chi connectivity index (χ2v) is 5.46. The number of aromatic nitrogens is 2. The highest BCUT2D eigenvalue weighted by molar-refractivity contribution is 6.30. The van der Waals surface area contributed by atoms with E-state index in [2.05, 4.69) is 28.2 Å². The maximum absolute atomic E-state index is 5.90. The van der Waals surface area contributed by atoms with Crippen molar-refractivity contribution in [3.8, 4) is 0 Å². The van der Waals surface area contributed by atoms with Gasteiger partial charge in [-0.1, -0.05) is 35.9 Å². The fraction of sp³-hybridized carbons (Fsp3) is 0.188. The number of nitrogens with zero attached hydrogens (tertiary/aromatic N) is 1. The number of rotatable bonds is 4. The average Bonchev–Trinajstić information content (AvgIpc) is 2.90. The Morgan fingerprint density at radius 3 is 2.55 bits per heavy atom. The Kier molecular flexibility index (Phi) is 3.95. The third-order valence-corrected chi connectivity index (χ3v) is 3.88. The number of alkyl halides is 1. The highest BCUT2D eigenvalue weighted by Crippen LogP contribution is 2.19. The summed E-state index contributed by atoms with van der Waals surface area (Å²) in [6.45, 7) is 0. The van der Waals surface area contributed by atoms with Crippen LogP contribution in [0.2, 0.25) is 5.02 Å². The van der Waals surface area contributed by atoms with Crippen LogP contribution >= 0.6 is 23.2 Å². The van der Waals surface area contributed by atoms with Crippen molar-refractivity contribution in [2.45, 2.75) is 18.7 Å². The standard InChI is InChI=1S/C16H14Cl2N2/c17-10-15-19-14-3-1-2-12(16(14)20-15)7-4-11-5-8-13(18)9-6-11/h1-3,5-6,8-9H,4,7,10H2,(H,19,20). The quantitative estimate of drug-likeness (QED) is 0.693. The first-order chi connectivity index (χ1) is 9.76. The van der Waals surface area contributed by atoms with E-state index in [0.717, 1.165) is 34.7 Å². The molecule has 0 bridgehead atoms. The van der Waals surface area contributed by atoms with Crippen molar-refractivity contribution in [3.05, 3.63) is 64.4 Å². The number of nitrogens with one attached hydrogen (secondary N) is 1. The Balaban J connectivity index is 1.83. The number of H-pyrrole nitrogens is 1. The van der Waals surface area contributed by atoms with E-state index in [9.17, 15) is 0 Å². The summed E-state index contributed by atoms with van der Waals surface area (Å²) in [7, 11) is 0. The Morgan fingerprint density at radius 2 is 1.80 bits per heavy atom. The topological polar surface area (TPSA) is 28.7 Å². The summed E-state index contributed by atoms with van der Waals surface area (Å²) in [5, 5.41) is 0.774. The van der Waals surface area contributed by atoms with Gasteiger partial charge in [0.25, 0.3) is 0 Å². The smallest absolute Gasteiger partial charge is 0.122 e. The van der Waals surface area contributed by atoms with E-state index in [1.165, 1.54) is 11.1 Å². The molecular formula is C16H14Cl2N2. The van der Waals surface area contributed by atoms with Gasteiger partial charge >= 0.3 is 0 Å². The molecular weight excluding hydrogens is 291 g/mol. The van der Waals surface area contributed by atoms with Gasteiger partial charge in [-0.25, -0.2) is 4.98 Å². The van der Waals surface area contributed by atoms with E-state index in [4.69, 9.17) is 23.2 Å². The molecule has 3 aromatic rings.